The van der Waals surface area contributed by atoms with Gasteiger partial charge in [0.2, 0.25) is 0 Å². The molecule has 186 valence electrons. The average Bonchev–Trinajstić information content (AvgIpc) is 3.19. The lowest BCUT2D eigenvalue weighted by atomic mass is 9.95. The molecule has 1 N–H and O–H groups in total. The molecule has 1 unspecified atom stereocenters. The molecule has 0 aromatic heterocycles. The Labute approximate surface area is 211 Å². The average molecular weight is 487 g/mol. The van der Waals surface area contributed by atoms with Gasteiger partial charge in [-0.3, -0.25) is 14.5 Å². The molecule has 1 heterocycles. The molecule has 0 radical (unpaired) electrons. The molecule has 36 heavy (non-hydrogen) atoms. The number of methoxy groups -OCH3 is 2. The normalized spacial score (nSPS) is 16.8. The number of carbonyl (C=O) groups excluding carboxylic acids is 2. The number of aliphatic hydroxyl groups is 1. The predicted molar refractivity (Wildman–Crippen MR) is 141 cm³/mol. The van der Waals surface area contributed by atoms with Crippen LogP contribution in [-0.2, 0) is 9.59 Å². The summed E-state index contributed by atoms with van der Waals surface area (Å²) in [6.07, 6.45) is 0. The van der Waals surface area contributed by atoms with E-state index in [1.54, 1.807) is 62.8 Å². The first-order valence-corrected chi connectivity index (χ1v) is 11.9. The molecule has 1 atom stereocenters. The Morgan fingerprint density at radius 2 is 1.36 bits per heavy atom. The SMILES string of the molecule is CCN(CC)c1ccc(N2C(=O)C(=O)/C(=C(/O)c3ccc(OC)cc3)C2c2ccc(OC)cc2)cc1. The zero-order valence-corrected chi connectivity index (χ0v) is 20.9. The van der Waals surface area contributed by atoms with E-state index in [1.165, 1.54) is 4.90 Å². The molecule has 3 aromatic rings. The van der Waals surface area contributed by atoms with Crippen LogP contribution in [0.3, 0.4) is 0 Å². The van der Waals surface area contributed by atoms with Gasteiger partial charge >= 0.3 is 0 Å². The molecule has 7 nitrogen and oxygen atoms in total. The molecule has 0 spiro atoms. The first-order chi connectivity index (χ1) is 17.4. The Kier molecular flexibility index (Phi) is 7.29. The van der Waals surface area contributed by atoms with E-state index < -0.39 is 17.7 Å². The Bertz CT molecular complexity index is 1260. The second kappa shape index (κ2) is 10.6. The summed E-state index contributed by atoms with van der Waals surface area (Å²) in [5, 5.41) is 11.3. The minimum Gasteiger partial charge on any atom is -0.507 e. The van der Waals surface area contributed by atoms with Crippen LogP contribution in [0, 0.1) is 0 Å². The van der Waals surface area contributed by atoms with Gasteiger partial charge in [-0.05, 0) is 80.1 Å². The van der Waals surface area contributed by atoms with E-state index in [-0.39, 0.29) is 11.3 Å². The van der Waals surface area contributed by atoms with Crippen LogP contribution in [0.2, 0.25) is 0 Å². The van der Waals surface area contributed by atoms with Crippen molar-refractivity contribution < 1.29 is 24.2 Å². The number of ether oxygens (including phenoxy) is 2. The zero-order chi connectivity index (χ0) is 25.8. The quantitative estimate of drug-likeness (QED) is 0.269. The highest BCUT2D eigenvalue weighted by atomic mass is 16.5. The van der Waals surface area contributed by atoms with Crippen molar-refractivity contribution in [3.8, 4) is 11.5 Å². The lowest BCUT2D eigenvalue weighted by Crippen LogP contribution is -2.29. The van der Waals surface area contributed by atoms with Gasteiger partial charge in [0.15, 0.2) is 0 Å². The molecular weight excluding hydrogens is 456 g/mol. The summed E-state index contributed by atoms with van der Waals surface area (Å²) in [5.41, 5.74) is 2.73. The lowest BCUT2D eigenvalue weighted by molar-refractivity contribution is -0.132. The third kappa shape index (κ3) is 4.52. The first-order valence-electron chi connectivity index (χ1n) is 11.9. The number of carbonyl (C=O) groups is 2. The fourth-order valence-corrected chi connectivity index (χ4v) is 4.52. The number of amides is 1. The van der Waals surface area contributed by atoms with Gasteiger partial charge in [0.1, 0.15) is 17.3 Å². The maximum atomic E-state index is 13.4. The number of aliphatic hydroxyl groups excluding tert-OH is 1. The maximum Gasteiger partial charge on any atom is 0.300 e. The van der Waals surface area contributed by atoms with Crippen molar-refractivity contribution in [2.75, 3.05) is 37.1 Å². The monoisotopic (exact) mass is 486 g/mol. The van der Waals surface area contributed by atoms with Crippen molar-refractivity contribution in [3.63, 3.8) is 0 Å². The van der Waals surface area contributed by atoms with E-state index in [0.717, 1.165) is 18.8 Å². The van der Waals surface area contributed by atoms with Gasteiger partial charge in [0.25, 0.3) is 11.7 Å². The van der Waals surface area contributed by atoms with E-state index >= 15 is 0 Å². The van der Waals surface area contributed by atoms with Gasteiger partial charge in [-0.1, -0.05) is 12.1 Å². The number of hydrogen-bond acceptors (Lipinski definition) is 6. The second-order valence-corrected chi connectivity index (χ2v) is 8.36. The molecule has 7 heteroatoms. The van der Waals surface area contributed by atoms with Crippen LogP contribution >= 0.6 is 0 Å². The second-order valence-electron chi connectivity index (χ2n) is 8.36. The molecule has 0 bridgehead atoms. The van der Waals surface area contributed by atoms with Gasteiger partial charge in [-0.2, -0.15) is 0 Å². The van der Waals surface area contributed by atoms with Gasteiger partial charge in [-0.15, -0.1) is 0 Å². The predicted octanol–water partition coefficient (Wildman–Crippen LogP) is 5.18. The zero-order valence-electron chi connectivity index (χ0n) is 20.9. The van der Waals surface area contributed by atoms with Gasteiger partial charge < -0.3 is 19.5 Å². The van der Waals surface area contributed by atoms with E-state index in [9.17, 15) is 14.7 Å². The standard InChI is InChI=1S/C29H30N2O5/c1-5-30(6-2)21-11-13-22(14-12-21)31-26(19-7-15-23(35-3)16-8-19)25(28(33)29(31)34)27(32)20-9-17-24(36-4)18-10-20/h7-18,26,32H,5-6H2,1-4H3/b27-25+. The molecule has 1 aliphatic rings. The van der Waals surface area contributed by atoms with E-state index in [1.807, 2.05) is 24.3 Å². The van der Waals surface area contributed by atoms with Crippen LogP contribution in [0.15, 0.2) is 78.4 Å². The molecular formula is C29H30N2O5. The molecule has 0 aliphatic carbocycles. The number of ketones is 1. The topological polar surface area (TPSA) is 79.3 Å². The van der Waals surface area contributed by atoms with Crippen molar-refractivity contribution in [1.29, 1.82) is 0 Å². The molecule has 1 fully saturated rings. The van der Waals surface area contributed by atoms with E-state index in [4.69, 9.17) is 9.47 Å². The van der Waals surface area contributed by atoms with Crippen molar-refractivity contribution in [2.45, 2.75) is 19.9 Å². The number of hydrogen-bond donors (Lipinski definition) is 1. The lowest BCUT2D eigenvalue weighted by Gasteiger charge is -2.27. The largest absolute Gasteiger partial charge is 0.507 e. The van der Waals surface area contributed by atoms with Gasteiger partial charge in [0.05, 0.1) is 25.8 Å². The number of rotatable bonds is 8. The summed E-state index contributed by atoms with van der Waals surface area (Å²) in [4.78, 5) is 30.3. The van der Waals surface area contributed by atoms with E-state index in [2.05, 4.69) is 18.7 Å². The van der Waals surface area contributed by atoms with Crippen LogP contribution in [-0.4, -0.2) is 44.1 Å². The first kappa shape index (κ1) is 24.9. The fourth-order valence-electron chi connectivity index (χ4n) is 4.52. The van der Waals surface area contributed by atoms with Crippen LogP contribution in [0.1, 0.15) is 31.0 Å². The van der Waals surface area contributed by atoms with Crippen molar-refractivity contribution >= 4 is 28.8 Å². The number of benzene rings is 3. The van der Waals surface area contributed by atoms with Gasteiger partial charge in [0, 0.05) is 30.0 Å². The Morgan fingerprint density at radius 3 is 1.86 bits per heavy atom. The molecule has 1 amide bonds. The Morgan fingerprint density at radius 1 is 0.833 bits per heavy atom. The van der Waals surface area contributed by atoms with Crippen molar-refractivity contribution in [1.82, 2.24) is 0 Å². The highest BCUT2D eigenvalue weighted by molar-refractivity contribution is 6.51. The van der Waals surface area contributed by atoms with Crippen molar-refractivity contribution in [3.05, 3.63) is 89.5 Å². The molecule has 4 rings (SSSR count). The smallest absolute Gasteiger partial charge is 0.300 e. The number of Topliss-reactive ketones (excluding diaryl/α,β-unsaturated/α-hetero) is 1. The Hall–Kier alpha value is -4.26. The fraction of sp³-hybridized carbons (Fsp3) is 0.241. The van der Waals surface area contributed by atoms with Gasteiger partial charge in [-0.25, -0.2) is 0 Å². The maximum absolute atomic E-state index is 13.4. The van der Waals surface area contributed by atoms with E-state index in [0.29, 0.717) is 28.3 Å². The van der Waals surface area contributed by atoms with Crippen LogP contribution in [0.5, 0.6) is 11.5 Å². The molecule has 1 aliphatic heterocycles. The summed E-state index contributed by atoms with van der Waals surface area (Å²) < 4.78 is 10.5. The third-order valence-electron chi connectivity index (χ3n) is 6.50. The Balaban J connectivity index is 1.85. The highest BCUT2D eigenvalue weighted by Gasteiger charge is 2.47. The van der Waals surface area contributed by atoms with Crippen LogP contribution < -0.4 is 19.3 Å². The summed E-state index contributed by atoms with van der Waals surface area (Å²) >= 11 is 0. The van der Waals surface area contributed by atoms with Crippen molar-refractivity contribution in [2.24, 2.45) is 0 Å². The van der Waals surface area contributed by atoms with Crippen LogP contribution in [0.25, 0.3) is 5.76 Å². The summed E-state index contributed by atoms with van der Waals surface area (Å²) in [7, 11) is 3.12. The minimum absolute atomic E-state index is 0.0307. The summed E-state index contributed by atoms with van der Waals surface area (Å²) in [5.74, 6) is -0.404. The van der Waals surface area contributed by atoms with Crippen LogP contribution in [0.4, 0.5) is 11.4 Å². The number of nitrogens with zero attached hydrogens (tertiary/aromatic N) is 2. The third-order valence-corrected chi connectivity index (χ3v) is 6.50. The highest BCUT2D eigenvalue weighted by Crippen LogP contribution is 2.43. The molecule has 0 saturated carbocycles. The summed E-state index contributed by atoms with van der Waals surface area (Å²) in [6, 6.07) is 20.6. The molecule has 3 aromatic carbocycles. The minimum atomic E-state index is -0.808. The summed E-state index contributed by atoms with van der Waals surface area (Å²) in [6.45, 7) is 5.87. The number of anilines is 2. The molecule has 1 saturated heterocycles.